The fraction of sp³-hybridized carbons (Fsp3) is 0. The van der Waals surface area contributed by atoms with Gasteiger partial charge in [-0.3, -0.25) is 0 Å². The van der Waals surface area contributed by atoms with Gasteiger partial charge in [0.25, 0.3) is 0 Å². The second-order valence-corrected chi connectivity index (χ2v) is 4.92. The van der Waals surface area contributed by atoms with Crippen LogP contribution in [0.15, 0.2) is 46.9 Å². The molecule has 0 saturated heterocycles. The summed E-state index contributed by atoms with van der Waals surface area (Å²) in [6.07, 6.45) is 0. The Balaban J connectivity index is 2.06. The van der Waals surface area contributed by atoms with E-state index in [1.54, 1.807) is 0 Å². The number of nitrogen functional groups attached to an aromatic ring is 1. The van der Waals surface area contributed by atoms with Gasteiger partial charge in [0.15, 0.2) is 5.76 Å². The number of rotatable bonds is 1. The molecule has 0 aliphatic rings. The van der Waals surface area contributed by atoms with E-state index in [1.165, 1.54) is 10.1 Å². The number of hydrogen-bond acceptors (Lipinski definition) is 4. The summed E-state index contributed by atoms with van der Waals surface area (Å²) in [7, 11) is 0. The molecule has 2 aromatic carbocycles. The van der Waals surface area contributed by atoms with Crippen LogP contribution in [-0.2, 0) is 0 Å². The van der Waals surface area contributed by atoms with Crippen molar-refractivity contribution in [2.75, 3.05) is 5.84 Å². The van der Waals surface area contributed by atoms with Crippen molar-refractivity contribution in [2.45, 2.75) is 0 Å². The Morgan fingerprint density at radius 1 is 1.15 bits per heavy atom. The third-order valence-electron chi connectivity index (χ3n) is 3.35. The van der Waals surface area contributed by atoms with E-state index in [2.05, 4.69) is 22.3 Å². The predicted octanol–water partition coefficient (Wildman–Crippen LogP) is 3.22. The van der Waals surface area contributed by atoms with Gasteiger partial charge in [0.05, 0.1) is 0 Å². The van der Waals surface area contributed by atoms with Gasteiger partial charge in [-0.2, -0.15) is 0 Å². The van der Waals surface area contributed by atoms with Crippen molar-refractivity contribution in [1.29, 1.82) is 0 Å². The van der Waals surface area contributed by atoms with Gasteiger partial charge in [0.2, 0.25) is 10.6 Å². The highest BCUT2D eigenvalue weighted by Gasteiger charge is 2.13. The number of nitrogens with two attached hydrogens (primary N) is 1. The normalized spacial score (nSPS) is 11.4. The molecule has 98 valence electrons. The molecule has 0 radical (unpaired) electrons. The molecule has 0 aliphatic heterocycles. The Morgan fingerprint density at radius 2 is 2.00 bits per heavy atom. The maximum atomic E-state index is 5.83. The Bertz CT molecular complexity index is 995. The van der Waals surface area contributed by atoms with Crippen molar-refractivity contribution in [3.63, 3.8) is 0 Å². The Labute approximate surface area is 118 Å². The van der Waals surface area contributed by atoms with Gasteiger partial charge in [0.1, 0.15) is 5.58 Å². The lowest BCUT2D eigenvalue weighted by atomic mass is 10.1. The van der Waals surface area contributed by atoms with E-state index in [1.807, 2.05) is 30.3 Å². The van der Waals surface area contributed by atoms with Crippen molar-refractivity contribution < 1.29 is 4.42 Å². The minimum absolute atomic E-state index is 0.352. The van der Waals surface area contributed by atoms with E-state index in [9.17, 15) is 0 Å². The van der Waals surface area contributed by atoms with Gasteiger partial charge in [-0.1, -0.05) is 30.3 Å². The molecule has 4 aromatic rings. The first-order valence-corrected chi connectivity index (χ1v) is 6.49. The summed E-state index contributed by atoms with van der Waals surface area (Å²) in [4.78, 5) is 0. The number of benzene rings is 2. The summed E-state index contributed by atoms with van der Waals surface area (Å²) < 4.78 is 7.48. The maximum Gasteiger partial charge on any atom is 0.216 e. The van der Waals surface area contributed by atoms with Gasteiger partial charge in [-0.15, -0.1) is 5.10 Å². The predicted molar refractivity (Wildman–Crippen MR) is 80.3 cm³/mol. The highest BCUT2D eigenvalue weighted by atomic mass is 32.1. The standard InChI is InChI=1S/C14H10N4OS/c15-18-13(16-17-14(18)20)12-7-10-9-4-2-1-3-8(9)5-6-11(10)19-12/h1-7H,15H2,(H,17,20). The summed E-state index contributed by atoms with van der Waals surface area (Å²) >= 11 is 5.01. The van der Waals surface area contributed by atoms with Crippen LogP contribution in [0.4, 0.5) is 0 Å². The maximum absolute atomic E-state index is 5.83. The van der Waals surface area contributed by atoms with Crippen LogP contribution in [0.3, 0.4) is 0 Å². The molecule has 0 bridgehead atoms. The van der Waals surface area contributed by atoms with Crippen molar-refractivity contribution in [3.8, 4) is 11.6 Å². The number of hydrogen-bond donors (Lipinski definition) is 2. The molecule has 20 heavy (non-hydrogen) atoms. The van der Waals surface area contributed by atoms with Gasteiger partial charge in [-0.25, -0.2) is 9.77 Å². The Morgan fingerprint density at radius 3 is 2.80 bits per heavy atom. The molecule has 2 aromatic heterocycles. The van der Waals surface area contributed by atoms with Gasteiger partial charge >= 0.3 is 0 Å². The van der Waals surface area contributed by atoms with E-state index < -0.39 is 0 Å². The summed E-state index contributed by atoms with van der Waals surface area (Å²) in [6.45, 7) is 0. The summed E-state index contributed by atoms with van der Waals surface area (Å²) in [6, 6.07) is 14.1. The van der Waals surface area contributed by atoms with Crippen LogP contribution >= 0.6 is 12.2 Å². The largest absolute Gasteiger partial charge is 0.453 e. The zero-order valence-corrected chi connectivity index (χ0v) is 11.1. The topological polar surface area (TPSA) is 72.8 Å². The van der Waals surface area contributed by atoms with Gasteiger partial charge in [0, 0.05) is 5.39 Å². The first kappa shape index (κ1) is 11.2. The fourth-order valence-corrected chi connectivity index (χ4v) is 2.51. The molecule has 2 heterocycles. The highest BCUT2D eigenvalue weighted by Crippen LogP contribution is 2.31. The first-order valence-electron chi connectivity index (χ1n) is 6.08. The lowest BCUT2D eigenvalue weighted by Gasteiger charge is -1.96. The van der Waals surface area contributed by atoms with Crippen molar-refractivity contribution in [3.05, 3.63) is 47.2 Å². The zero-order valence-electron chi connectivity index (χ0n) is 10.3. The van der Waals surface area contributed by atoms with E-state index in [4.69, 9.17) is 22.5 Å². The summed E-state index contributed by atoms with van der Waals surface area (Å²) in [5.41, 5.74) is 0.799. The SMILES string of the molecule is Nn1c(-c2cc3c(ccc4ccccc43)o2)n[nH]c1=S. The van der Waals surface area contributed by atoms with Crippen LogP contribution in [0.25, 0.3) is 33.3 Å². The number of fused-ring (bicyclic) bond motifs is 3. The van der Waals surface area contributed by atoms with Crippen LogP contribution in [-0.4, -0.2) is 14.9 Å². The molecule has 0 unspecified atom stereocenters. The number of nitrogens with zero attached hydrogens (tertiary/aromatic N) is 2. The lowest BCUT2D eigenvalue weighted by molar-refractivity contribution is 0.622. The van der Waals surface area contributed by atoms with E-state index in [-0.39, 0.29) is 0 Å². The smallest absolute Gasteiger partial charge is 0.216 e. The Hall–Kier alpha value is -2.60. The van der Waals surface area contributed by atoms with Crippen molar-refractivity contribution >= 4 is 34.0 Å². The summed E-state index contributed by atoms with van der Waals surface area (Å²) in [5.74, 6) is 6.90. The van der Waals surface area contributed by atoms with Crippen LogP contribution in [0, 0.1) is 4.77 Å². The van der Waals surface area contributed by atoms with Crippen LogP contribution in [0.2, 0.25) is 0 Å². The molecular weight excluding hydrogens is 272 g/mol. The van der Waals surface area contributed by atoms with Crippen LogP contribution in [0.1, 0.15) is 0 Å². The minimum atomic E-state index is 0.352. The minimum Gasteiger partial charge on any atom is -0.453 e. The average Bonchev–Trinajstić information content (AvgIpc) is 3.03. The third kappa shape index (κ3) is 1.48. The fourth-order valence-electron chi connectivity index (χ4n) is 2.38. The molecule has 4 rings (SSSR count). The molecule has 0 fully saturated rings. The highest BCUT2D eigenvalue weighted by molar-refractivity contribution is 7.71. The number of nitrogens with one attached hydrogen (secondary N) is 1. The zero-order chi connectivity index (χ0) is 13.7. The van der Waals surface area contributed by atoms with Crippen LogP contribution in [0.5, 0.6) is 0 Å². The second-order valence-electron chi connectivity index (χ2n) is 4.53. The molecular formula is C14H10N4OS. The van der Waals surface area contributed by atoms with Crippen molar-refractivity contribution in [2.24, 2.45) is 0 Å². The molecule has 0 saturated carbocycles. The number of H-pyrrole nitrogens is 1. The van der Waals surface area contributed by atoms with E-state index in [0.29, 0.717) is 16.4 Å². The molecule has 3 N–H and O–H groups in total. The lowest BCUT2D eigenvalue weighted by Crippen LogP contribution is -2.09. The molecule has 6 heteroatoms. The van der Waals surface area contributed by atoms with Gasteiger partial charge in [-0.05, 0) is 35.1 Å². The molecule has 0 spiro atoms. The number of furan rings is 1. The monoisotopic (exact) mass is 282 g/mol. The number of aromatic nitrogens is 3. The van der Waals surface area contributed by atoms with Gasteiger partial charge < -0.3 is 10.3 Å². The van der Waals surface area contributed by atoms with Crippen LogP contribution < -0.4 is 5.84 Å². The second kappa shape index (κ2) is 3.94. The molecule has 0 atom stereocenters. The number of aromatic amines is 1. The Kier molecular flexibility index (Phi) is 2.22. The average molecular weight is 282 g/mol. The summed E-state index contributed by atoms with van der Waals surface area (Å²) in [5, 5.41) is 10.1. The first-order chi connectivity index (χ1) is 9.74. The molecule has 5 nitrogen and oxygen atoms in total. The third-order valence-corrected chi connectivity index (χ3v) is 3.64. The molecule has 0 amide bonds. The van der Waals surface area contributed by atoms with E-state index in [0.717, 1.165) is 16.4 Å². The van der Waals surface area contributed by atoms with E-state index >= 15 is 0 Å². The molecule has 0 aliphatic carbocycles. The van der Waals surface area contributed by atoms with Crippen molar-refractivity contribution in [1.82, 2.24) is 14.9 Å². The quantitative estimate of drug-likeness (QED) is 0.415.